The Morgan fingerprint density at radius 2 is 2.26 bits per heavy atom. The molecule has 0 atom stereocenters. The van der Waals surface area contributed by atoms with Crippen molar-refractivity contribution in [2.45, 2.75) is 20.1 Å². The lowest BCUT2D eigenvalue weighted by Crippen LogP contribution is -2.07. The second kappa shape index (κ2) is 6.14. The Balaban J connectivity index is 2.01. The van der Waals surface area contributed by atoms with Crippen molar-refractivity contribution in [3.8, 4) is 0 Å². The summed E-state index contributed by atoms with van der Waals surface area (Å²) in [7, 11) is 1.88. The zero-order valence-electron chi connectivity index (χ0n) is 11.1. The van der Waals surface area contributed by atoms with E-state index in [1.807, 2.05) is 20.2 Å². The molecule has 3 N–H and O–H groups in total. The highest BCUT2D eigenvalue weighted by Gasteiger charge is 2.03. The van der Waals surface area contributed by atoms with Crippen molar-refractivity contribution < 1.29 is 4.74 Å². The van der Waals surface area contributed by atoms with E-state index in [1.165, 1.54) is 0 Å². The van der Waals surface area contributed by atoms with Crippen LogP contribution < -0.4 is 11.1 Å². The number of ether oxygens (including phenoxy) is 1. The number of hydrogen-bond donors (Lipinski definition) is 2. The molecular weight excluding hydrogens is 244 g/mol. The predicted molar refractivity (Wildman–Crippen MR) is 72.3 cm³/mol. The summed E-state index contributed by atoms with van der Waals surface area (Å²) in [6.07, 6.45) is 3.75. The summed E-state index contributed by atoms with van der Waals surface area (Å²) in [6.45, 7) is 3.55. The third-order valence-electron chi connectivity index (χ3n) is 2.46. The minimum absolute atomic E-state index is 0.364. The molecule has 0 fully saturated rings. The normalized spacial score (nSPS) is 10.6. The Kier molecular flexibility index (Phi) is 4.30. The second-order valence-corrected chi connectivity index (χ2v) is 4.11. The third kappa shape index (κ3) is 3.92. The van der Waals surface area contributed by atoms with Crippen molar-refractivity contribution in [2.75, 3.05) is 17.7 Å². The smallest absolute Gasteiger partial charge is 0.158 e. The number of nitrogens with zero attached hydrogens (tertiary/aromatic N) is 4. The molecule has 0 bridgehead atoms. The molecule has 0 aromatic carbocycles. The van der Waals surface area contributed by atoms with E-state index >= 15 is 0 Å². The molecule has 0 saturated carbocycles. The molecular formula is C12H18N6O. The van der Waals surface area contributed by atoms with Gasteiger partial charge in [-0.25, -0.2) is 9.97 Å². The van der Waals surface area contributed by atoms with Gasteiger partial charge in [-0.05, 0) is 6.92 Å². The molecule has 0 aliphatic rings. The van der Waals surface area contributed by atoms with Crippen LogP contribution in [0.25, 0.3) is 0 Å². The summed E-state index contributed by atoms with van der Waals surface area (Å²) in [6, 6.07) is 1.70. The molecule has 2 heterocycles. The lowest BCUT2D eigenvalue weighted by Gasteiger charge is -2.07. The molecule has 0 spiro atoms. The van der Waals surface area contributed by atoms with Crippen LogP contribution >= 0.6 is 0 Å². The minimum Gasteiger partial charge on any atom is -0.384 e. The quantitative estimate of drug-likeness (QED) is 0.805. The summed E-state index contributed by atoms with van der Waals surface area (Å²) in [4.78, 5) is 8.45. The summed E-state index contributed by atoms with van der Waals surface area (Å²) in [5.74, 6) is 1.69. The van der Waals surface area contributed by atoms with Crippen LogP contribution in [0.5, 0.6) is 0 Å². The summed E-state index contributed by atoms with van der Waals surface area (Å²) in [5.41, 5.74) is 6.82. The van der Waals surface area contributed by atoms with Gasteiger partial charge in [0.1, 0.15) is 18.2 Å². The SMILES string of the molecule is CCOCc1nc(N)cc(NCc2cnn(C)c2)n1. The van der Waals surface area contributed by atoms with E-state index < -0.39 is 0 Å². The van der Waals surface area contributed by atoms with Gasteiger partial charge in [0.05, 0.1) is 6.20 Å². The molecule has 102 valence electrons. The van der Waals surface area contributed by atoms with Crippen LogP contribution in [-0.2, 0) is 24.9 Å². The van der Waals surface area contributed by atoms with Gasteiger partial charge in [-0.1, -0.05) is 0 Å². The standard InChI is InChI=1S/C12H18N6O/c1-3-19-8-12-16-10(13)4-11(17-12)14-5-9-6-15-18(2)7-9/h4,6-7H,3,5,8H2,1-2H3,(H3,13,14,16,17). The predicted octanol–water partition coefficient (Wildman–Crippen LogP) is 0.941. The average molecular weight is 262 g/mol. The zero-order valence-corrected chi connectivity index (χ0v) is 11.1. The Hall–Kier alpha value is -2.15. The van der Waals surface area contributed by atoms with Crippen molar-refractivity contribution in [1.29, 1.82) is 0 Å². The minimum atomic E-state index is 0.364. The number of nitrogens with one attached hydrogen (secondary N) is 1. The van der Waals surface area contributed by atoms with E-state index in [2.05, 4.69) is 20.4 Å². The molecule has 0 unspecified atom stereocenters. The monoisotopic (exact) mass is 262 g/mol. The number of nitrogens with two attached hydrogens (primary N) is 1. The van der Waals surface area contributed by atoms with Crippen molar-refractivity contribution in [2.24, 2.45) is 7.05 Å². The largest absolute Gasteiger partial charge is 0.384 e. The van der Waals surface area contributed by atoms with E-state index in [0.717, 1.165) is 5.56 Å². The Morgan fingerprint density at radius 3 is 2.95 bits per heavy atom. The summed E-state index contributed by atoms with van der Waals surface area (Å²) < 4.78 is 7.03. The molecule has 2 aromatic heterocycles. The molecule has 7 heteroatoms. The van der Waals surface area contributed by atoms with Crippen molar-refractivity contribution in [3.05, 3.63) is 29.8 Å². The van der Waals surface area contributed by atoms with Crippen molar-refractivity contribution >= 4 is 11.6 Å². The van der Waals surface area contributed by atoms with Crippen LogP contribution in [0.3, 0.4) is 0 Å². The molecule has 7 nitrogen and oxygen atoms in total. The maximum absolute atomic E-state index is 5.74. The fourth-order valence-electron chi connectivity index (χ4n) is 1.62. The van der Waals surface area contributed by atoms with E-state index in [0.29, 0.717) is 37.2 Å². The van der Waals surface area contributed by atoms with Crippen LogP contribution in [-0.4, -0.2) is 26.4 Å². The van der Waals surface area contributed by atoms with E-state index in [9.17, 15) is 0 Å². The Morgan fingerprint density at radius 1 is 1.42 bits per heavy atom. The number of aromatic nitrogens is 4. The topological polar surface area (TPSA) is 90.9 Å². The average Bonchev–Trinajstić information content (AvgIpc) is 2.79. The highest BCUT2D eigenvalue weighted by atomic mass is 16.5. The van der Waals surface area contributed by atoms with Gasteiger partial charge in [-0.15, -0.1) is 0 Å². The van der Waals surface area contributed by atoms with Gasteiger partial charge in [-0.2, -0.15) is 5.10 Å². The van der Waals surface area contributed by atoms with Gasteiger partial charge in [0.2, 0.25) is 0 Å². The third-order valence-corrected chi connectivity index (χ3v) is 2.46. The van der Waals surface area contributed by atoms with Gasteiger partial charge in [0.25, 0.3) is 0 Å². The van der Waals surface area contributed by atoms with E-state index in [1.54, 1.807) is 16.9 Å². The van der Waals surface area contributed by atoms with Gasteiger partial charge in [0, 0.05) is 38.0 Å². The molecule has 0 aliphatic carbocycles. The lowest BCUT2D eigenvalue weighted by molar-refractivity contribution is 0.128. The number of aryl methyl sites for hydroxylation is 1. The first kappa shape index (κ1) is 13.3. The first-order chi connectivity index (χ1) is 9.17. The summed E-state index contributed by atoms with van der Waals surface area (Å²) >= 11 is 0. The fourth-order valence-corrected chi connectivity index (χ4v) is 1.62. The summed E-state index contributed by atoms with van der Waals surface area (Å²) in [5, 5.41) is 7.30. The first-order valence-corrected chi connectivity index (χ1v) is 6.10. The number of hydrogen-bond acceptors (Lipinski definition) is 6. The number of rotatable bonds is 6. The molecule has 19 heavy (non-hydrogen) atoms. The van der Waals surface area contributed by atoms with Crippen LogP contribution in [0.15, 0.2) is 18.5 Å². The number of nitrogen functional groups attached to an aromatic ring is 1. The van der Waals surface area contributed by atoms with Gasteiger partial charge in [-0.3, -0.25) is 4.68 Å². The van der Waals surface area contributed by atoms with Crippen LogP contribution in [0.4, 0.5) is 11.6 Å². The van der Waals surface area contributed by atoms with Gasteiger partial charge >= 0.3 is 0 Å². The molecule has 0 amide bonds. The highest BCUT2D eigenvalue weighted by Crippen LogP contribution is 2.10. The van der Waals surface area contributed by atoms with Crippen LogP contribution in [0.2, 0.25) is 0 Å². The Bertz CT molecular complexity index is 539. The second-order valence-electron chi connectivity index (χ2n) is 4.11. The number of anilines is 2. The maximum Gasteiger partial charge on any atom is 0.158 e. The Labute approximate surface area is 111 Å². The van der Waals surface area contributed by atoms with E-state index in [4.69, 9.17) is 10.5 Å². The maximum atomic E-state index is 5.74. The van der Waals surface area contributed by atoms with Gasteiger partial charge in [0.15, 0.2) is 5.82 Å². The molecule has 0 aliphatic heterocycles. The highest BCUT2D eigenvalue weighted by molar-refractivity contribution is 5.44. The van der Waals surface area contributed by atoms with Crippen LogP contribution in [0.1, 0.15) is 18.3 Å². The van der Waals surface area contributed by atoms with Gasteiger partial charge < -0.3 is 15.8 Å². The van der Waals surface area contributed by atoms with Crippen LogP contribution in [0, 0.1) is 0 Å². The van der Waals surface area contributed by atoms with E-state index in [-0.39, 0.29) is 0 Å². The van der Waals surface area contributed by atoms with Crippen molar-refractivity contribution in [1.82, 2.24) is 19.7 Å². The molecule has 0 radical (unpaired) electrons. The lowest BCUT2D eigenvalue weighted by atomic mass is 10.3. The molecule has 2 rings (SSSR count). The molecule has 2 aromatic rings. The zero-order chi connectivity index (χ0) is 13.7. The van der Waals surface area contributed by atoms with Crippen molar-refractivity contribution in [3.63, 3.8) is 0 Å². The fraction of sp³-hybridized carbons (Fsp3) is 0.417. The first-order valence-electron chi connectivity index (χ1n) is 6.10. The molecule has 0 saturated heterocycles.